The highest BCUT2D eigenvalue weighted by Crippen LogP contribution is 2.20. The molecule has 0 radical (unpaired) electrons. The van der Waals surface area contributed by atoms with Crippen molar-refractivity contribution in [1.29, 1.82) is 0 Å². The SMILES string of the molecule is CC(C)CN(CCN(C)C)c1ccc([C@H](C)O)cc1. The van der Waals surface area contributed by atoms with E-state index in [0.717, 1.165) is 25.2 Å². The molecule has 0 aliphatic rings. The van der Waals surface area contributed by atoms with Crippen molar-refractivity contribution in [2.45, 2.75) is 26.9 Å². The molecule has 19 heavy (non-hydrogen) atoms. The lowest BCUT2D eigenvalue weighted by molar-refractivity contribution is 0.199. The number of hydrogen-bond donors (Lipinski definition) is 1. The fourth-order valence-electron chi connectivity index (χ4n) is 2.05. The largest absolute Gasteiger partial charge is 0.389 e. The van der Waals surface area contributed by atoms with E-state index in [0.29, 0.717) is 5.92 Å². The average Bonchev–Trinajstić information content (AvgIpc) is 2.34. The van der Waals surface area contributed by atoms with E-state index >= 15 is 0 Å². The number of nitrogens with zero attached hydrogens (tertiary/aromatic N) is 2. The summed E-state index contributed by atoms with van der Waals surface area (Å²) >= 11 is 0. The number of anilines is 1. The number of rotatable bonds is 7. The van der Waals surface area contributed by atoms with Crippen LogP contribution >= 0.6 is 0 Å². The number of aliphatic hydroxyl groups excluding tert-OH is 1. The Morgan fingerprint density at radius 1 is 1.00 bits per heavy atom. The van der Waals surface area contributed by atoms with Gasteiger partial charge in [0.25, 0.3) is 0 Å². The second-order valence-electron chi connectivity index (χ2n) is 5.91. The highest BCUT2D eigenvalue weighted by Gasteiger charge is 2.09. The van der Waals surface area contributed by atoms with E-state index in [1.54, 1.807) is 6.92 Å². The van der Waals surface area contributed by atoms with E-state index in [1.807, 2.05) is 12.1 Å². The predicted octanol–water partition coefficient (Wildman–Crippen LogP) is 2.76. The molecule has 0 spiro atoms. The predicted molar refractivity (Wildman–Crippen MR) is 82.7 cm³/mol. The topological polar surface area (TPSA) is 26.7 Å². The van der Waals surface area contributed by atoms with Crippen LogP contribution in [0.25, 0.3) is 0 Å². The lowest BCUT2D eigenvalue weighted by atomic mass is 10.1. The van der Waals surface area contributed by atoms with Crippen molar-refractivity contribution in [2.24, 2.45) is 5.92 Å². The molecule has 3 nitrogen and oxygen atoms in total. The Balaban J connectivity index is 2.77. The first kappa shape index (κ1) is 16.0. The number of likely N-dealkylation sites (N-methyl/N-ethyl adjacent to an activating group) is 1. The Kier molecular flexibility index (Phi) is 6.32. The van der Waals surface area contributed by atoms with Gasteiger partial charge in [-0.15, -0.1) is 0 Å². The maximum Gasteiger partial charge on any atom is 0.0761 e. The molecule has 0 unspecified atom stereocenters. The zero-order valence-electron chi connectivity index (χ0n) is 12.9. The molecular formula is C16H28N2O. The molecule has 0 aliphatic carbocycles. The molecule has 0 aromatic heterocycles. The molecule has 0 aliphatic heterocycles. The van der Waals surface area contributed by atoms with Gasteiger partial charge in [-0.2, -0.15) is 0 Å². The maximum atomic E-state index is 9.55. The van der Waals surface area contributed by atoms with Crippen LogP contribution in [-0.4, -0.2) is 43.7 Å². The molecule has 0 saturated carbocycles. The third-order valence-corrected chi connectivity index (χ3v) is 3.14. The second kappa shape index (κ2) is 7.51. The van der Waals surface area contributed by atoms with Crippen molar-refractivity contribution in [3.8, 4) is 0 Å². The maximum absolute atomic E-state index is 9.55. The highest BCUT2D eigenvalue weighted by molar-refractivity contribution is 5.48. The van der Waals surface area contributed by atoms with Gasteiger partial charge in [-0.1, -0.05) is 26.0 Å². The minimum Gasteiger partial charge on any atom is -0.389 e. The van der Waals surface area contributed by atoms with Crippen molar-refractivity contribution < 1.29 is 5.11 Å². The Morgan fingerprint density at radius 3 is 2.00 bits per heavy atom. The van der Waals surface area contributed by atoms with Gasteiger partial charge in [0.05, 0.1) is 6.10 Å². The van der Waals surface area contributed by atoms with Crippen LogP contribution in [0.4, 0.5) is 5.69 Å². The Bertz CT molecular complexity index is 358. The average molecular weight is 264 g/mol. The lowest BCUT2D eigenvalue weighted by Crippen LogP contribution is -2.34. The first-order valence-electron chi connectivity index (χ1n) is 7.08. The quantitative estimate of drug-likeness (QED) is 0.820. The third kappa shape index (κ3) is 5.62. The molecule has 1 aromatic rings. The van der Waals surface area contributed by atoms with Gasteiger partial charge in [0.15, 0.2) is 0 Å². The van der Waals surface area contributed by atoms with Gasteiger partial charge in [0.1, 0.15) is 0 Å². The van der Waals surface area contributed by atoms with Crippen LogP contribution in [0, 0.1) is 5.92 Å². The van der Waals surface area contributed by atoms with Crippen molar-refractivity contribution in [2.75, 3.05) is 38.6 Å². The van der Waals surface area contributed by atoms with Gasteiger partial charge in [-0.25, -0.2) is 0 Å². The van der Waals surface area contributed by atoms with Crippen LogP contribution in [0.1, 0.15) is 32.4 Å². The summed E-state index contributed by atoms with van der Waals surface area (Å²) in [5.41, 5.74) is 2.21. The summed E-state index contributed by atoms with van der Waals surface area (Å²) in [5.74, 6) is 0.638. The Labute approximate surface area is 117 Å². The summed E-state index contributed by atoms with van der Waals surface area (Å²) < 4.78 is 0. The summed E-state index contributed by atoms with van der Waals surface area (Å²) in [6, 6.07) is 8.26. The molecule has 1 aromatic carbocycles. The van der Waals surface area contributed by atoms with Crippen molar-refractivity contribution >= 4 is 5.69 Å². The monoisotopic (exact) mass is 264 g/mol. The standard InChI is InChI=1S/C16H28N2O/c1-13(2)12-18(11-10-17(4)5)16-8-6-15(7-9-16)14(3)19/h6-9,13-14,19H,10-12H2,1-5H3/t14-/m0/s1. The normalized spacial score (nSPS) is 13.1. The summed E-state index contributed by atoms with van der Waals surface area (Å²) in [5, 5.41) is 9.55. The number of aliphatic hydroxyl groups is 1. The van der Waals surface area contributed by atoms with Crippen LogP contribution in [0.5, 0.6) is 0 Å². The molecule has 1 rings (SSSR count). The smallest absolute Gasteiger partial charge is 0.0761 e. The summed E-state index contributed by atoms with van der Waals surface area (Å²) in [4.78, 5) is 4.62. The van der Waals surface area contributed by atoms with Crippen LogP contribution in [0.2, 0.25) is 0 Å². The van der Waals surface area contributed by atoms with Crippen LogP contribution < -0.4 is 4.90 Å². The second-order valence-corrected chi connectivity index (χ2v) is 5.91. The summed E-state index contributed by atoms with van der Waals surface area (Å²) in [6.45, 7) is 9.42. The molecule has 0 amide bonds. The van der Waals surface area contributed by atoms with E-state index in [9.17, 15) is 5.11 Å². The summed E-state index contributed by atoms with van der Waals surface area (Å²) in [6.07, 6.45) is -0.394. The molecule has 0 heterocycles. The Hall–Kier alpha value is -1.06. The summed E-state index contributed by atoms with van der Waals surface area (Å²) in [7, 11) is 4.20. The molecule has 1 N–H and O–H groups in total. The molecular weight excluding hydrogens is 236 g/mol. The zero-order valence-corrected chi connectivity index (χ0v) is 12.9. The molecule has 3 heteroatoms. The van der Waals surface area contributed by atoms with Gasteiger partial charge < -0.3 is 14.9 Å². The number of hydrogen-bond acceptors (Lipinski definition) is 3. The molecule has 0 fully saturated rings. The molecule has 0 saturated heterocycles. The zero-order chi connectivity index (χ0) is 14.4. The minimum absolute atomic E-state index is 0.394. The molecule has 108 valence electrons. The fraction of sp³-hybridized carbons (Fsp3) is 0.625. The van der Waals surface area contributed by atoms with Gasteiger partial charge in [-0.3, -0.25) is 0 Å². The minimum atomic E-state index is -0.394. The van der Waals surface area contributed by atoms with E-state index in [2.05, 4.69) is 49.9 Å². The van der Waals surface area contributed by atoms with Crippen molar-refractivity contribution in [3.63, 3.8) is 0 Å². The van der Waals surface area contributed by atoms with Gasteiger partial charge >= 0.3 is 0 Å². The first-order valence-corrected chi connectivity index (χ1v) is 7.08. The first-order chi connectivity index (χ1) is 8.90. The van der Waals surface area contributed by atoms with Crippen molar-refractivity contribution in [3.05, 3.63) is 29.8 Å². The van der Waals surface area contributed by atoms with E-state index in [-0.39, 0.29) is 0 Å². The Morgan fingerprint density at radius 2 is 1.58 bits per heavy atom. The van der Waals surface area contributed by atoms with E-state index < -0.39 is 6.10 Å². The molecule has 1 atom stereocenters. The van der Waals surface area contributed by atoms with Crippen LogP contribution in [0.3, 0.4) is 0 Å². The molecule has 0 bridgehead atoms. The van der Waals surface area contributed by atoms with E-state index in [4.69, 9.17) is 0 Å². The van der Waals surface area contributed by atoms with Gasteiger partial charge in [0, 0.05) is 25.3 Å². The van der Waals surface area contributed by atoms with Crippen LogP contribution in [-0.2, 0) is 0 Å². The van der Waals surface area contributed by atoms with Gasteiger partial charge in [-0.05, 0) is 44.6 Å². The third-order valence-electron chi connectivity index (χ3n) is 3.14. The van der Waals surface area contributed by atoms with Gasteiger partial charge in [0.2, 0.25) is 0 Å². The fourth-order valence-corrected chi connectivity index (χ4v) is 2.05. The van der Waals surface area contributed by atoms with Crippen LogP contribution in [0.15, 0.2) is 24.3 Å². The number of benzene rings is 1. The van der Waals surface area contributed by atoms with E-state index in [1.165, 1.54) is 5.69 Å². The van der Waals surface area contributed by atoms with Crippen molar-refractivity contribution in [1.82, 2.24) is 4.90 Å². The lowest BCUT2D eigenvalue weighted by Gasteiger charge is -2.28. The highest BCUT2D eigenvalue weighted by atomic mass is 16.3.